The van der Waals surface area contributed by atoms with Gasteiger partial charge >= 0.3 is 12.1 Å². The SMILES string of the molecule is NC=C(COC(=O)NC(Cc1ccccc1)C(=O)O)NN. The molecule has 0 aliphatic heterocycles. The number of carboxylic acid groups (broad SMARTS) is 1. The van der Waals surface area contributed by atoms with Gasteiger partial charge in [-0.25, -0.2) is 9.59 Å². The number of hydrogen-bond donors (Lipinski definition) is 5. The fourth-order valence-corrected chi connectivity index (χ4v) is 1.51. The first-order chi connectivity index (χ1) is 10.1. The molecule has 0 saturated carbocycles. The first kappa shape index (κ1) is 16.3. The molecule has 0 aromatic heterocycles. The van der Waals surface area contributed by atoms with E-state index in [9.17, 15) is 9.59 Å². The number of aliphatic carboxylic acids is 1. The monoisotopic (exact) mass is 294 g/mol. The Morgan fingerprint density at radius 3 is 2.52 bits per heavy atom. The highest BCUT2D eigenvalue weighted by atomic mass is 16.5. The maximum atomic E-state index is 11.6. The van der Waals surface area contributed by atoms with Crippen LogP contribution in [0.25, 0.3) is 0 Å². The average Bonchev–Trinajstić information content (AvgIpc) is 2.48. The number of nitrogens with two attached hydrogens (primary N) is 2. The summed E-state index contributed by atoms with van der Waals surface area (Å²) >= 11 is 0. The summed E-state index contributed by atoms with van der Waals surface area (Å²) in [5, 5.41) is 11.4. The van der Waals surface area contributed by atoms with Gasteiger partial charge in [0, 0.05) is 12.6 Å². The number of carbonyl (C=O) groups excluding carboxylic acids is 1. The van der Waals surface area contributed by atoms with E-state index in [1.165, 1.54) is 0 Å². The Kier molecular flexibility index (Phi) is 6.55. The van der Waals surface area contributed by atoms with Crippen LogP contribution in [0.3, 0.4) is 0 Å². The molecule has 1 rings (SSSR count). The summed E-state index contributed by atoms with van der Waals surface area (Å²) in [6, 6.07) is 7.86. The van der Waals surface area contributed by atoms with Crippen molar-refractivity contribution in [2.24, 2.45) is 11.6 Å². The fraction of sp³-hybridized carbons (Fsp3) is 0.231. The average molecular weight is 294 g/mol. The molecule has 8 nitrogen and oxygen atoms in total. The van der Waals surface area contributed by atoms with Gasteiger partial charge in [0.25, 0.3) is 0 Å². The smallest absolute Gasteiger partial charge is 0.408 e. The second-order valence-electron chi connectivity index (χ2n) is 4.14. The molecule has 21 heavy (non-hydrogen) atoms. The second kappa shape index (κ2) is 8.43. The van der Waals surface area contributed by atoms with E-state index in [4.69, 9.17) is 21.4 Å². The van der Waals surface area contributed by atoms with Gasteiger partial charge in [-0.1, -0.05) is 30.3 Å². The number of hydrogen-bond acceptors (Lipinski definition) is 6. The summed E-state index contributed by atoms with van der Waals surface area (Å²) in [6.45, 7) is -0.184. The minimum atomic E-state index is -1.15. The zero-order valence-corrected chi connectivity index (χ0v) is 11.3. The minimum Gasteiger partial charge on any atom is -0.480 e. The Bertz CT molecular complexity index is 504. The van der Waals surface area contributed by atoms with Gasteiger partial charge in [0.05, 0.1) is 5.70 Å². The number of ether oxygens (including phenoxy) is 1. The Labute approximate surface area is 121 Å². The Morgan fingerprint density at radius 2 is 2.00 bits per heavy atom. The number of carboxylic acids is 1. The Balaban J connectivity index is 2.54. The third-order valence-electron chi connectivity index (χ3n) is 2.62. The van der Waals surface area contributed by atoms with E-state index in [1.54, 1.807) is 24.3 Å². The van der Waals surface area contributed by atoms with Crippen molar-refractivity contribution < 1.29 is 19.4 Å². The molecule has 0 aliphatic carbocycles. The van der Waals surface area contributed by atoms with Crippen molar-refractivity contribution in [2.45, 2.75) is 12.5 Å². The summed E-state index contributed by atoms with van der Waals surface area (Å²) in [5.74, 6) is 3.97. The highest BCUT2D eigenvalue weighted by molar-refractivity contribution is 5.80. The number of nitrogens with one attached hydrogen (secondary N) is 2. The maximum absolute atomic E-state index is 11.6. The predicted molar refractivity (Wildman–Crippen MR) is 75.6 cm³/mol. The highest BCUT2D eigenvalue weighted by Gasteiger charge is 2.21. The van der Waals surface area contributed by atoms with Crippen LogP contribution in [0, 0.1) is 0 Å². The van der Waals surface area contributed by atoms with E-state index >= 15 is 0 Å². The summed E-state index contributed by atoms with van der Waals surface area (Å²) in [6.07, 6.45) is 0.430. The van der Waals surface area contributed by atoms with Gasteiger partial charge in [0.2, 0.25) is 0 Å². The maximum Gasteiger partial charge on any atom is 0.408 e. The zero-order valence-electron chi connectivity index (χ0n) is 11.3. The largest absolute Gasteiger partial charge is 0.480 e. The van der Waals surface area contributed by atoms with Crippen LogP contribution in [0.4, 0.5) is 4.79 Å². The molecule has 0 fully saturated rings. The molecule has 1 atom stereocenters. The lowest BCUT2D eigenvalue weighted by Crippen LogP contribution is -2.43. The van der Waals surface area contributed by atoms with Crippen molar-refractivity contribution in [3.63, 3.8) is 0 Å². The summed E-state index contributed by atoms with van der Waals surface area (Å²) < 4.78 is 4.80. The van der Waals surface area contributed by atoms with Crippen LogP contribution in [0.5, 0.6) is 0 Å². The lowest BCUT2D eigenvalue weighted by molar-refractivity contribution is -0.139. The van der Waals surface area contributed by atoms with Gasteiger partial charge in [-0.2, -0.15) is 0 Å². The minimum absolute atomic E-state index is 0.153. The molecular formula is C13H18N4O4. The van der Waals surface area contributed by atoms with Gasteiger partial charge in [-0.05, 0) is 5.56 Å². The number of hydrazine groups is 1. The van der Waals surface area contributed by atoms with Crippen LogP contribution in [0.15, 0.2) is 42.2 Å². The molecule has 7 N–H and O–H groups in total. The zero-order chi connectivity index (χ0) is 15.7. The third kappa shape index (κ3) is 5.83. The van der Waals surface area contributed by atoms with Crippen LogP contribution in [-0.4, -0.2) is 29.8 Å². The van der Waals surface area contributed by atoms with Crippen molar-refractivity contribution in [1.29, 1.82) is 0 Å². The number of rotatable bonds is 7. The first-order valence-electron chi connectivity index (χ1n) is 6.14. The molecule has 114 valence electrons. The molecule has 0 spiro atoms. The summed E-state index contributed by atoms with van der Waals surface area (Å²) in [5.41, 5.74) is 8.53. The highest BCUT2D eigenvalue weighted by Crippen LogP contribution is 2.04. The molecule has 0 aliphatic rings. The summed E-state index contributed by atoms with van der Waals surface area (Å²) in [7, 11) is 0. The van der Waals surface area contributed by atoms with Crippen LogP contribution >= 0.6 is 0 Å². The van der Waals surface area contributed by atoms with E-state index in [-0.39, 0.29) is 13.0 Å². The molecule has 1 amide bonds. The number of amides is 1. The van der Waals surface area contributed by atoms with Crippen molar-refractivity contribution in [2.75, 3.05) is 6.61 Å². The van der Waals surface area contributed by atoms with E-state index in [1.807, 2.05) is 6.07 Å². The molecule has 8 heteroatoms. The number of alkyl carbamates (subject to hydrolysis) is 1. The van der Waals surface area contributed by atoms with E-state index in [2.05, 4.69) is 10.7 Å². The van der Waals surface area contributed by atoms with Gasteiger partial charge < -0.3 is 26.3 Å². The lowest BCUT2D eigenvalue weighted by atomic mass is 10.1. The van der Waals surface area contributed by atoms with Gasteiger partial charge in [-0.15, -0.1) is 0 Å². The van der Waals surface area contributed by atoms with Crippen molar-refractivity contribution in [3.8, 4) is 0 Å². The fourth-order valence-electron chi connectivity index (χ4n) is 1.51. The third-order valence-corrected chi connectivity index (χ3v) is 2.62. The summed E-state index contributed by atoms with van der Waals surface area (Å²) in [4.78, 5) is 22.7. The standard InChI is InChI=1S/C13H18N4O4/c14-7-10(17-15)8-21-13(20)16-11(12(18)19)6-9-4-2-1-3-5-9/h1-5,7,11,17H,6,8,14-15H2,(H,16,20)(H,18,19). The Hall–Kier alpha value is -2.74. The van der Waals surface area contributed by atoms with Crippen molar-refractivity contribution in [1.82, 2.24) is 10.7 Å². The van der Waals surface area contributed by atoms with Crippen LogP contribution in [0.1, 0.15) is 5.56 Å². The first-order valence-corrected chi connectivity index (χ1v) is 6.14. The predicted octanol–water partition coefficient (Wildman–Crippen LogP) is -0.328. The topological polar surface area (TPSA) is 140 Å². The number of benzene rings is 1. The van der Waals surface area contributed by atoms with Crippen molar-refractivity contribution in [3.05, 3.63) is 47.8 Å². The molecule has 0 bridgehead atoms. The molecule has 0 radical (unpaired) electrons. The van der Waals surface area contributed by atoms with Crippen molar-refractivity contribution >= 4 is 12.1 Å². The van der Waals surface area contributed by atoms with E-state index < -0.39 is 18.1 Å². The van der Waals surface area contributed by atoms with Crippen LogP contribution < -0.4 is 22.3 Å². The molecule has 0 heterocycles. The molecular weight excluding hydrogens is 276 g/mol. The van der Waals surface area contributed by atoms with Gasteiger partial charge in [-0.3, -0.25) is 5.84 Å². The normalized spacial score (nSPS) is 12.3. The molecule has 1 aromatic carbocycles. The van der Waals surface area contributed by atoms with E-state index in [0.717, 1.165) is 11.8 Å². The molecule has 1 unspecified atom stereocenters. The van der Waals surface area contributed by atoms with Gasteiger partial charge in [0.1, 0.15) is 12.6 Å². The van der Waals surface area contributed by atoms with Crippen LogP contribution in [0.2, 0.25) is 0 Å². The second-order valence-corrected chi connectivity index (χ2v) is 4.14. The lowest BCUT2D eigenvalue weighted by Gasteiger charge is -2.15. The quantitative estimate of drug-likeness (QED) is 0.342. The number of carbonyl (C=O) groups is 2. The Morgan fingerprint density at radius 1 is 1.33 bits per heavy atom. The molecule has 0 saturated heterocycles. The van der Waals surface area contributed by atoms with Gasteiger partial charge in [0.15, 0.2) is 0 Å². The van der Waals surface area contributed by atoms with E-state index in [0.29, 0.717) is 5.70 Å². The van der Waals surface area contributed by atoms with Crippen LogP contribution in [-0.2, 0) is 16.0 Å². The molecule has 1 aromatic rings.